The number of carbonyl (C=O) groups is 1. The van der Waals surface area contributed by atoms with Gasteiger partial charge in [-0.25, -0.2) is 8.78 Å². The number of nitrogens with zero attached hydrogens (tertiary/aromatic N) is 2. The molecule has 1 amide bonds. The fourth-order valence-corrected chi connectivity index (χ4v) is 5.21. The van der Waals surface area contributed by atoms with E-state index in [-0.39, 0.29) is 28.6 Å². The van der Waals surface area contributed by atoms with Crippen LogP contribution in [0.25, 0.3) is 15.9 Å². The highest BCUT2D eigenvalue weighted by molar-refractivity contribution is 7.21. The van der Waals surface area contributed by atoms with Crippen molar-refractivity contribution in [1.29, 1.82) is 0 Å². The Bertz CT molecular complexity index is 1420. The molecule has 0 radical (unpaired) electrons. The van der Waals surface area contributed by atoms with Crippen molar-refractivity contribution in [3.05, 3.63) is 87.5 Å². The summed E-state index contributed by atoms with van der Waals surface area (Å²) >= 11 is 1.12. The largest absolute Gasteiger partial charge is 0.391 e. The molecule has 0 spiro atoms. The second kappa shape index (κ2) is 8.42. The monoisotopic (exact) mass is 467 g/mol. The molecule has 1 fully saturated rings. The standard InChI is InChI=1S/C24H19F2N3O3S/c25-14-6-8-19(18(26)12-14)27-21-17-7-9-20(31)29(15-4-2-1-3-5-15)24(17)33-22(21)23(32)28-11-10-16(30)13-28/h1-9,12,16,27,30H,10-11,13H2/t16-/m1/s1. The molecule has 1 saturated heterocycles. The number of hydrogen-bond donors (Lipinski definition) is 2. The third-order valence-electron chi connectivity index (χ3n) is 5.59. The number of β-amino-alcohol motifs (C(OH)–C–C–N with tert-alkyl or cyclic N) is 1. The van der Waals surface area contributed by atoms with Crippen molar-refractivity contribution in [3.8, 4) is 5.69 Å². The summed E-state index contributed by atoms with van der Waals surface area (Å²) in [5, 5.41) is 13.4. The summed E-state index contributed by atoms with van der Waals surface area (Å²) in [7, 11) is 0. The number of para-hydroxylation sites is 1. The lowest BCUT2D eigenvalue weighted by Gasteiger charge is -2.16. The van der Waals surface area contributed by atoms with Gasteiger partial charge in [-0.2, -0.15) is 0 Å². The topological polar surface area (TPSA) is 74.6 Å². The fourth-order valence-electron chi connectivity index (χ4n) is 3.97. The van der Waals surface area contributed by atoms with Crippen LogP contribution in [0.5, 0.6) is 0 Å². The summed E-state index contributed by atoms with van der Waals surface area (Å²) in [5.74, 6) is -1.85. The van der Waals surface area contributed by atoms with Gasteiger partial charge in [-0.15, -0.1) is 11.3 Å². The highest BCUT2D eigenvalue weighted by Crippen LogP contribution is 2.39. The molecule has 2 aromatic carbocycles. The van der Waals surface area contributed by atoms with Gasteiger partial charge in [-0.1, -0.05) is 18.2 Å². The minimum Gasteiger partial charge on any atom is -0.391 e. The van der Waals surface area contributed by atoms with Crippen LogP contribution in [0.3, 0.4) is 0 Å². The lowest BCUT2D eigenvalue weighted by molar-refractivity contribution is 0.0770. The first-order chi connectivity index (χ1) is 15.9. The van der Waals surface area contributed by atoms with Gasteiger partial charge in [-0.3, -0.25) is 14.2 Å². The van der Waals surface area contributed by atoms with E-state index < -0.39 is 17.7 Å². The van der Waals surface area contributed by atoms with Gasteiger partial charge < -0.3 is 15.3 Å². The SMILES string of the molecule is O=C(c1sc2c(ccc(=O)n2-c2ccccc2)c1Nc1ccc(F)cc1F)N1CC[C@@H](O)C1. The van der Waals surface area contributed by atoms with Crippen LogP contribution in [0.2, 0.25) is 0 Å². The van der Waals surface area contributed by atoms with E-state index in [2.05, 4.69) is 5.32 Å². The van der Waals surface area contributed by atoms with E-state index in [1.807, 2.05) is 6.07 Å². The van der Waals surface area contributed by atoms with Crippen molar-refractivity contribution in [1.82, 2.24) is 9.47 Å². The number of nitrogens with one attached hydrogen (secondary N) is 1. The number of pyridine rings is 1. The number of amides is 1. The second-order valence-corrected chi connectivity index (χ2v) is 8.81. The van der Waals surface area contributed by atoms with Crippen LogP contribution in [-0.4, -0.2) is 39.7 Å². The molecule has 3 heterocycles. The van der Waals surface area contributed by atoms with Crippen molar-refractivity contribution >= 4 is 38.8 Å². The number of aliphatic hydroxyl groups excluding tert-OH is 1. The number of thiophene rings is 1. The van der Waals surface area contributed by atoms with Crippen molar-refractivity contribution < 1.29 is 18.7 Å². The molecule has 2 N–H and O–H groups in total. The number of hydrogen-bond acceptors (Lipinski definition) is 5. The molecule has 0 bridgehead atoms. The number of rotatable bonds is 4. The molecule has 168 valence electrons. The zero-order valence-electron chi connectivity index (χ0n) is 17.3. The molecule has 9 heteroatoms. The van der Waals surface area contributed by atoms with Gasteiger partial charge in [0.15, 0.2) is 0 Å². The van der Waals surface area contributed by atoms with Crippen LogP contribution >= 0.6 is 11.3 Å². The van der Waals surface area contributed by atoms with Gasteiger partial charge in [0.05, 0.1) is 23.2 Å². The number of benzene rings is 2. The zero-order chi connectivity index (χ0) is 23.1. The molecular formula is C24H19F2N3O3S. The predicted octanol–water partition coefficient (Wildman–Crippen LogP) is 4.28. The number of halogens is 2. The number of carbonyl (C=O) groups excluding carboxylic acids is 1. The van der Waals surface area contributed by atoms with Crippen molar-refractivity contribution in [2.45, 2.75) is 12.5 Å². The summed E-state index contributed by atoms with van der Waals surface area (Å²) in [6.07, 6.45) is -0.127. The molecule has 2 aromatic heterocycles. The van der Waals surface area contributed by atoms with Crippen LogP contribution in [-0.2, 0) is 0 Å². The Kier molecular flexibility index (Phi) is 5.43. The van der Waals surface area contributed by atoms with Gasteiger partial charge in [0.2, 0.25) is 0 Å². The van der Waals surface area contributed by atoms with Gasteiger partial charge in [-0.05, 0) is 36.8 Å². The van der Waals surface area contributed by atoms with Gasteiger partial charge in [0.25, 0.3) is 11.5 Å². The van der Waals surface area contributed by atoms with Crippen LogP contribution < -0.4 is 10.9 Å². The molecule has 0 aliphatic carbocycles. The van der Waals surface area contributed by atoms with Crippen molar-refractivity contribution in [3.63, 3.8) is 0 Å². The molecule has 33 heavy (non-hydrogen) atoms. The quantitative estimate of drug-likeness (QED) is 0.470. The minimum atomic E-state index is -0.805. The Hall–Kier alpha value is -3.56. The van der Waals surface area contributed by atoms with Crippen molar-refractivity contribution in [2.75, 3.05) is 18.4 Å². The van der Waals surface area contributed by atoms with E-state index in [9.17, 15) is 23.5 Å². The van der Waals surface area contributed by atoms with E-state index in [0.29, 0.717) is 34.6 Å². The summed E-state index contributed by atoms with van der Waals surface area (Å²) < 4.78 is 29.4. The van der Waals surface area contributed by atoms with E-state index in [0.717, 1.165) is 23.5 Å². The average Bonchev–Trinajstić information content (AvgIpc) is 3.39. The number of aliphatic hydroxyl groups is 1. The van der Waals surface area contributed by atoms with Gasteiger partial charge in [0, 0.05) is 30.6 Å². The van der Waals surface area contributed by atoms with Crippen molar-refractivity contribution in [2.24, 2.45) is 0 Å². The van der Waals surface area contributed by atoms with E-state index in [1.54, 1.807) is 30.3 Å². The third-order valence-corrected chi connectivity index (χ3v) is 6.77. The van der Waals surface area contributed by atoms with Crippen LogP contribution in [0.1, 0.15) is 16.1 Å². The Balaban J connectivity index is 1.72. The zero-order valence-corrected chi connectivity index (χ0v) is 18.1. The van der Waals surface area contributed by atoms with Crippen LogP contribution in [0.15, 0.2) is 65.5 Å². The fraction of sp³-hybridized carbons (Fsp3) is 0.167. The van der Waals surface area contributed by atoms with Gasteiger partial charge in [0.1, 0.15) is 21.3 Å². The normalized spacial score (nSPS) is 15.8. The minimum absolute atomic E-state index is 0.00377. The predicted molar refractivity (Wildman–Crippen MR) is 124 cm³/mol. The first-order valence-corrected chi connectivity index (χ1v) is 11.2. The highest BCUT2D eigenvalue weighted by Gasteiger charge is 2.30. The Morgan fingerprint density at radius 3 is 2.58 bits per heavy atom. The van der Waals surface area contributed by atoms with E-state index >= 15 is 0 Å². The average molecular weight is 467 g/mol. The number of likely N-dealkylation sites (tertiary alicyclic amines) is 1. The smallest absolute Gasteiger partial charge is 0.266 e. The van der Waals surface area contributed by atoms with Gasteiger partial charge >= 0.3 is 0 Å². The summed E-state index contributed by atoms with van der Waals surface area (Å²) in [6, 6.07) is 15.1. The van der Waals surface area contributed by atoms with Crippen LogP contribution in [0.4, 0.5) is 20.2 Å². The first-order valence-electron chi connectivity index (χ1n) is 10.4. The second-order valence-electron chi connectivity index (χ2n) is 7.81. The maximum Gasteiger partial charge on any atom is 0.266 e. The Morgan fingerprint density at radius 1 is 1.09 bits per heavy atom. The van der Waals surface area contributed by atoms with E-state index in [4.69, 9.17) is 0 Å². The molecule has 0 saturated carbocycles. The Labute approximate surface area is 191 Å². The number of aromatic nitrogens is 1. The summed E-state index contributed by atoms with van der Waals surface area (Å²) in [6.45, 7) is 0.590. The lowest BCUT2D eigenvalue weighted by Crippen LogP contribution is -2.29. The molecule has 0 unspecified atom stereocenters. The molecule has 6 nitrogen and oxygen atoms in total. The molecule has 4 aromatic rings. The maximum absolute atomic E-state index is 14.5. The maximum atomic E-state index is 14.5. The molecule has 5 rings (SSSR count). The summed E-state index contributed by atoms with van der Waals surface area (Å²) in [5.41, 5.74) is 0.690. The number of anilines is 2. The molecular weight excluding hydrogens is 448 g/mol. The molecule has 1 aliphatic rings. The van der Waals surface area contributed by atoms with Crippen LogP contribution in [0, 0.1) is 11.6 Å². The van der Waals surface area contributed by atoms with E-state index in [1.165, 1.54) is 21.6 Å². The molecule has 1 atom stereocenters. The lowest BCUT2D eigenvalue weighted by atomic mass is 10.2. The number of fused-ring (bicyclic) bond motifs is 1. The third kappa shape index (κ3) is 3.90. The summed E-state index contributed by atoms with van der Waals surface area (Å²) in [4.78, 5) is 28.5. The molecule has 1 aliphatic heterocycles. The highest BCUT2D eigenvalue weighted by atomic mass is 32.1. The first kappa shape index (κ1) is 21.3. The Morgan fingerprint density at radius 2 is 1.88 bits per heavy atom.